The van der Waals surface area contributed by atoms with Gasteiger partial charge >= 0.3 is 0 Å². The molecule has 29 heavy (non-hydrogen) atoms. The molecule has 0 saturated heterocycles. The molecule has 0 aromatic heterocycles. The molecule has 0 fully saturated rings. The van der Waals surface area contributed by atoms with E-state index in [4.69, 9.17) is 0 Å². The monoisotopic (exact) mass is 401 g/mol. The number of hydrogen-bond acceptors (Lipinski definition) is 5. The second-order valence-electron chi connectivity index (χ2n) is 6.20. The summed E-state index contributed by atoms with van der Waals surface area (Å²) < 4.78 is 0. The van der Waals surface area contributed by atoms with Crippen molar-refractivity contribution >= 4 is 29.0 Å². The molecule has 3 rings (SSSR count). The molecule has 0 aliphatic carbocycles. The molecule has 144 valence electrons. The van der Waals surface area contributed by atoms with Crippen molar-refractivity contribution in [2.24, 2.45) is 0 Å². The van der Waals surface area contributed by atoms with Crippen LogP contribution in [0, 0.1) is 18.3 Å². The van der Waals surface area contributed by atoms with Gasteiger partial charge in [-0.05, 0) is 48.9 Å². The van der Waals surface area contributed by atoms with E-state index in [2.05, 4.69) is 10.6 Å². The predicted molar refractivity (Wildman–Crippen MR) is 116 cm³/mol. The van der Waals surface area contributed by atoms with Gasteiger partial charge in [-0.2, -0.15) is 5.26 Å². The van der Waals surface area contributed by atoms with E-state index in [0.717, 1.165) is 15.4 Å². The molecule has 0 saturated carbocycles. The molecule has 3 N–H and O–H groups in total. The normalized spacial score (nSPS) is 10.8. The number of nitrogens with one attached hydrogen (secondary N) is 2. The Morgan fingerprint density at radius 1 is 1.03 bits per heavy atom. The van der Waals surface area contributed by atoms with Gasteiger partial charge in [-0.15, -0.1) is 0 Å². The van der Waals surface area contributed by atoms with Crippen molar-refractivity contribution in [3.8, 4) is 11.8 Å². The van der Waals surface area contributed by atoms with Gasteiger partial charge in [0.1, 0.15) is 17.4 Å². The summed E-state index contributed by atoms with van der Waals surface area (Å²) in [5.74, 6) is -0.498. The molecule has 0 aliphatic heterocycles. The lowest BCUT2D eigenvalue weighted by Crippen LogP contribution is -2.15. The van der Waals surface area contributed by atoms with E-state index in [1.807, 2.05) is 61.5 Å². The number of anilines is 2. The number of aryl methyl sites for hydroxylation is 1. The number of amides is 1. The van der Waals surface area contributed by atoms with Crippen molar-refractivity contribution in [1.82, 2.24) is 0 Å². The lowest BCUT2D eigenvalue weighted by atomic mass is 10.2. The molecule has 5 nitrogen and oxygen atoms in total. The van der Waals surface area contributed by atoms with Gasteiger partial charge in [0, 0.05) is 16.0 Å². The van der Waals surface area contributed by atoms with Gasteiger partial charge in [-0.25, -0.2) is 0 Å². The first-order valence-electron chi connectivity index (χ1n) is 8.86. The van der Waals surface area contributed by atoms with Gasteiger partial charge in [0.25, 0.3) is 5.91 Å². The highest BCUT2D eigenvalue weighted by molar-refractivity contribution is 7.99. The second kappa shape index (κ2) is 9.49. The van der Waals surface area contributed by atoms with Gasteiger partial charge in [0.15, 0.2) is 0 Å². The van der Waals surface area contributed by atoms with Gasteiger partial charge in [-0.3, -0.25) is 4.79 Å². The number of carbonyl (C=O) groups excluding carboxylic acids is 1. The summed E-state index contributed by atoms with van der Waals surface area (Å²) in [5, 5.41) is 24.9. The van der Waals surface area contributed by atoms with E-state index in [1.54, 1.807) is 24.3 Å². The van der Waals surface area contributed by atoms with Crippen LogP contribution in [0.15, 0.2) is 94.4 Å². The van der Waals surface area contributed by atoms with E-state index in [9.17, 15) is 15.2 Å². The van der Waals surface area contributed by atoms with E-state index in [1.165, 1.54) is 18.0 Å². The van der Waals surface area contributed by atoms with Crippen LogP contribution >= 0.6 is 11.8 Å². The minimum absolute atomic E-state index is 0.0363. The van der Waals surface area contributed by atoms with Gasteiger partial charge < -0.3 is 15.7 Å². The minimum Gasteiger partial charge on any atom is -0.506 e. The fourth-order valence-corrected chi connectivity index (χ4v) is 3.45. The van der Waals surface area contributed by atoms with Crippen molar-refractivity contribution in [3.63, 3.8) is 0 Å². The third-order valence-electron chi connectivity index (χ3n) is 4.00. The van der Waals surface area contributed by atoms with Crippen LogP contribution in [0.25, 0.3) is 0 Å². The molecule has 1 amide bonds. The van der Waals surface area contributed by atoms with E-state index >= 15 is 0 Å². The zero-order valence-corrected chi connectivity index (χ0v) is 16.5. The van der Waals surface area contributed by atoms with Crippen LogP contribution in [0.4, 0.5) is 11.4 Å². The minimum atomic E-state index is -0.534. The summed E-state index contributed by atoms with van der Waals surface area (Å²) in [6, 6.07) is 24.2. The summed E-state index contributed by atoms with van der Waals surface area (Å²) in [6.45, 7) is 1.88. The maximum Gasteiger partial charge on any atom is 0.267 e. The summed E-state index contributed by atoms with van der Waals surface area (Å²) in [4.78, 5) is 14.5. The van der Waals surface area contributed by atoms with Crippen LogP contribution in [-0.2, 0) is 4.79 Å². The molecule has 6 heteroatoms. The van der Waals surface area contributed by atoms with Crippen molar-refractivity contribution in [2.75, 3.05) is 10.6 Å². The first-order valence-corrected chi connectivity index (χ1v) is 9.68. The first kappa shape index (κ1) is 20.1. The molecule has 3 aromatic carbocycles. The van der Waals surface area contributed by atoms with Crippen molar-refractivity contribution in [3.05, 3.63) is 90.1 Å². The van der Waals surface area contributed by atoms with Crippen molar-refractivity contribution < 1.29 is 9.90 Å². The van der Waals surface area contributed by atoms with Gasteiger partial charge in [-0.1, -0.05) is 48.2 Å². The van der Waals surface area contributed by atoms with E-state index in [0.29, 0.717) is 11.4 Å². The van der Waals surface area contributed by atoms with E-state index in [-0.39, 0.29) is 11.3 Å². The number of nitriles is 1. The second-order valence-corrected chi connectivity index (χ2v) is 7.32. The zero-order valence-electron chi connectivity index (χ0n) is 15.7. The molecule has 3 aromatic rings. The molecule has 0 heterocycles. The fraction of sp³-hybridized carbons (Fsp3) is 0.0435. The topological polar surface area (TPSA) is 85.2 Å². The SMILES string of the molecule is Cc1ccc(O)c(N/C=C(/C#N)C(=O)Nc2ccccc2Sc2ccccc2)c1. The largest absolute Gasteiger partial charge is 0.506 e. The van der Waals surface area contributed by atoms with Crippen LogP contribution in [0.2, 0.25) is 0 Å². The van der Waals surface area contributed by atoms with Crippen LogP contribution in [0.1, 0.15) is 5.56 Å². The molecule has 0 spiro atoms. The summed E-state index contributed by atoms with van der Waals surface area (Å²) >= 11 is 1.52. The van der Waals surface area contributed by atoms with Crippen LogP contribution < -0.4 is 10.6 Å². The Balaban J connectivity index is 1.76. The number of phenols is 1. The number of carbonyl (C=O) groups is 1. The molecule has 0 atom stereocenters. The van der Waals surface area contributed by atoms with Gasteiger partial charge in [0.05, 0.1) is 11.4 Å². The number of aromatic hydroxyl groups is 1. The molecule has 0 aliphatic rings. The molecule has 0 radical (unpaired) electrons. The number of hydrogen-bond donors (Lipinski definition) is 3. The standard InChI is InChI=1S/C23H19N3O2S/c1-16-11-12-21(27)20(13-16)25-15-17(14-24)23(28)26-19-9-5-6-10-22(19)29-18-7-3-2-4-8-18/h2-13,15,25,27H,1H3,(H,26,28)/b17-15-. The highest BCUT2D eigenvalue weighted by Gasteiger charge is 2.13. The number of rotatable bonds is 6. The van der Waals surface area contributed by atoms with Gasteiger partial charge in [0.2, 0.25) is 0 Å². The van der Waals surface area contributed by atoms with Crippen LogP contribution in [0.3, 0.4) is 0 Å². The Hall–Kier alpha value is -3.69. The number of benzene rings is 3. The Kier molecular flexibility index (Phi) is 6.56. The van der Waals surface area contributed by atoms with Crippen LogP contribution in [-0.4, -0.2) is 11.0 Å². The predicted octanol–water partition coefficient (Wildman–Crippen LogP) is 5.31. The Morgan fingerprint density at radius 2 is 1.76 bits per heavy atom. The smallest absolute Gasteiger partial charge is 0.267 e. The molecule has 0 bridgehead atoms. The Morgan fingerprint density at radius 3 is 2.52 bits per heavy atom. The van der Waals surface area contributed by atoms with Crippen molar-refractivity contribution in [1.29, 1.82) is 5.26 Å². The third kappa shape index (κ3) is 5.41. The first-order chi connectivity index (χ1) is 14.1. The third-order valence-corrected chi connectivity index (χ3v) is 5.08. The number of para-hydroxylation sites is 1. The average Bonchev–Trinajstić information content (AvgIpc) is 2.73. The molecular formula is C23H19N3O2S. The molecule has 0 unspecified atom stereocenters. The lowest BCUT2D eigenvalue weighted by Gasteiger charge is -2.11. The van der Waals surface area contributed by atoms with E-state index < -0.39 is 5.91 Å². The Labute approximate surface area is 173 Å². The quantitative estimate of drug-likeness (QED) is 0.296. The maximum atomic E-state index is 12.6. The lowest BCUT2D eigenvalue weighted by molar-refractivity contribution is -0.112. The zero-order chi connectivity index (χ0) is 20.6. The summed E-state index contributed by atoms with van der Waals surface area (Å²) in [5.41, 5.74) is 1.87. The highest BCUT2D eigenvalue weighted by atomic mass is 32.2. The highest BCUT2D eigenvalue weighted by Crippen LogP contribution is 2.33. The Bertz CT molecular complexity index is 1090. The maximum absolute atomic E-state index is 12.6. The number of phenolic OH excluding ortho intramolecular Hbond substituents is 1. The summed E-state index contributed by atoms with van der Waals surface area (Å²) in [6.07, 6.45) is 1.29. The fourth-order valence-electron chi connectivity index (χ4n) is 2.53. The molecular weight excluding hydrogens is 382 g/mol. The average molecular weight is 401 g/mol. The number of nitrogens with zero attached hydrogens (tertiary/aromatic N) is 1. The van der Waals surface area contributed by atoms with Crippen molar-refractivity contribution in [2.45, 2.75) is 16.7 Å². The summed E-state index contributed by atoms with van der Waals surface area (Å²) in [7, 11) is 0. The van der Waals surface area contributed by atoms with Crippen LogP contribution in [0.5, 0.6) is 5.75 Å².